The van der Waals surface area contributed by atoms with E-state index in [4.69, 9.17) is 10.4 Å². The molecule has 3 nitrogen and oxygen atoms in total. The lowest BCUT2D eigenvalue weighted by atomic mass is 10.0. The molecule has 0 unspecified atom stereocenters. The fraction of sp³-hybridized carbons (Fsp3) is 0.900. The van der Waals surface area contributed by atoms with E-state index in [2.05, 4.69) is 11.4 Å². The average molecular weight is 182 g/mol. The molecule has 1 rings (SSSR count). The molecule has 1 aliphatic rings. The van der Waals surface area contributed by atoms with Gasteiger partial charge in [0.15, 0.2) is 0 Å². The molecule has 0 aliphatic heterocycles. The number of rotatable bonds is 7. The predicted octanol–water partition coefficient (Wildman–Crippen LogP) is 1.04. The first kappa shape index (κ1) is 10.5. The third kappa shape index (κ3) is 3.75. The molecule has 13 heavy (non-hydrogen) atoms. The molecule has 0 spiro atoms. The van der Waals surface area contributed by atoms with Crippen molar-refractivity contribution in [2.24, 2.45) is 5.41 Å². The van der Waals surface area contributed by atoms with E-state index in [0.717, 1.165) is 25.9 Å². The van der Waals surface area contributed by atoms with Crippen LogP contribution in [0.5, 0.6) is 0 Å². The summed E-state index contributed by atoms with van der Waals surface area (Å²) in [5.41, 5.74) is 0.313. The van der Waals surface area contributed by atoms with Gasteiger partial charge in [-0.05, 0) is 37.6 Å². The van der Waals surface area contributed by atoms with Crippen molar-refractivity contribution in [1.29, 1.82) is 5.26 Å². The smallest absolute Gasteiger partial charge is 0.0628 e. The third-order valence-electron chi connectivity index (χ3n) is 2.67. The van der Waals surface area contributed by atoms with Gasteiger partial charge in [-0.2, -0.15) is 5.26 Å². The first-order chi connectivity index (χ1) is 6.33. The lowest BCUT2D eigenvalue weighted by Gasteiger charge is -2.11. The Morgan fingerprint density at radius 1 is 1.38 bits per heavy atom. The molecule has 1 aliphatic carbocycles. The summed E-state index contributed by atoms with van der Waals surface area (Å²) in [6.45, 7) is 2.23. The van der Waals surface area contributed by atoms with Crippen molar-refractivity contribution in [3.63, 3.8) is 0 Å². The van der Waals surface area contributed by atoms with E-state index in [9.17, 15) is 0 Å². The van der Waals surface area contributed by atoms with Crippen LogP contribution in [0.2, 0.25) is 0 Å². The largest absolute Gasteiger partial charge is 0.396 e. The van der Waals surface area contributed by atoms with Gasteiger partial charge in [0, 0.05) is 19.6 Å². The van der Waals surface area contributed by atoms with Crippen LogP contribution in [0.1, 0.15) is 32.1 Å². The van der Waals surface area contributed by atoms with Gasteiger partial charge in [-0.15, -0.1) is 0 Å². The fourth-order valence-electron chi connectivity index (χ4n) is 1.48. The SMILES string of the molecule is N#CCC1(CNCCCCO)CC1. The first-order valence-corrected chi connectivity index (χ1v) is 5.01. The van der Waals surface area contributed by atoms with Crippen molar-refractivity contribution in [2.75, 3.05) is 19.7 Å². The quantitative estimate of drug-likeness (QED) is 0.578. The molecule has 0 saturated heterocycles. The molecule has 0 bridgehead atoms. The standard InChI is InChI=1S/C10H18N2O/c11-6-5-10(3-4-10)9-12-7-1-2-8-13/h12-13H,1-5,7-9H2. The Bertz CT molecular complexity index is 182. The zero-order valence-corrected chi connectivity index (χ0v) is 8.05. The number of nitriles is 1. The van der Waals surface area contributed by atoms with E-state index in [0.29, 0.717) is 11.8 Å². The van der Waals surface area contributed by atoms with Gasteiger partial charge in [-0.25, -0.2) is 0 Å². The molecule has 2 N–H and O–H groups in total. The van der Waals surface area contributed by atoms with Gasteiger partial charge < -0.3 is 10.4 Å². The van der Waals surface area contributed by atoms with Gasteiger partial charge in [-0.1, -0.05) is 0 Å². The first-order valence-electron chi connectivity index (χ1n) is 5.01. The van der Waals surface area contributed by atoms with Gasteiger partial charge in [0.05, 0.1) is 6.07 Å². The Kier molecular flexibility index (Phi) is 4.20. The summed E-state index contributed by atoms with van der Waals surface area (Å²) in [6, 6.07) is 2.24. The molecule has 0 atom stereocenters. The molecular formula is C10H18N2O. The van der Waals surface area contributed by atoms with Crippen LogP contribution in [-0.2, 0) is 0 Å². The minimum absolute atomic E-state index is 0.283. The number of hydrogen-bond donors (Lipinski definition) is 2. The molecule has 0 heterocycles. The number of hydrogen-bond acceptors (Lipinski definition) is 3. The highest BCUT2D eigenvalue weighted by molar-refractivity contribution is 5.00. The number of nitrogens with zero attached hydrogens (tertiary/aromatic N) is 1. The normalized spacial score (nSPS) is 18.2. The highest BCUT2D eigenvalue weighted by Gasteiger charge is 2.41. The molecule has 74 valence electrons. The van der Waals surface area contributed by atoms with Gasteiger partial charge in [-0.3, -0.25) is 0 Å². The molecule has 0 aromatic rings. The monoisotopic (exact) mass is 182 g/mol. The van der Waals surface area contributed by atoms with Crippen molar-refractivity contribution in [3.05, 3.63) is 0 Å². The second kappa shape index (κ2) is 5.21. The second-order valence-electron chi connectivity index (χ2n) is 3.94. The fourth-order valence-corrected chi connectivity index (χ4v) is 1.48. The van der Waals surface area contributed by atoms with Crippen molar-refractivity contribution in [2.45, 2.75) is 32.1 Å². The molecule has 1 saturated carbocycles. The van der Waals surface area contributed by atoms with E-state index >= 15 is 0 Å². The van der Waals surface area contributed by atoms with Crippen molar-refractivity contribution in [1.82, 2.24) is 5.32 Å². The lowest BCUT2D eigenvalue weighted by Crippen LogP contribution is -2.24. The average Bonchev–Trinajstić information content (AvgIpc) is 2.86. The number of aliphatic hydroxyl groups excluding tert-OH is 1. The summed E-state index contributed by atoms with van der Waals surface area (Å²) >= 11 is 0. The van der Waals surface area contributed by atoms with Gasteiger partial charge >= 0.3 is 0 Å². The van der Waals surface area contributed by atoms with Crippen LogP contribution in [-0.4, -0.2) is 24.8 Å². The summed E-state index contributed by atoms with van der Waals surface area (Å²) in [4.78, 5) is 0. The maximum absolute atomic E-state index is 8.57. The second-order valence-corrected chi connectivity index (χ2v) is 3.94. The van der Waals surface area contributed by atoms with Crippen LogP contribution in [0.15, 0.2) is 0 Å². The number of unbranched alkanes of at least 4 members (excludes halogenated alkanes) is 1. The summed E-state index contributed by atoms with van der Waals surface area (Å²) in [5.74, 6) is 0. The number of nitrogens with one attached hydrogen (secondary N) is 1. The van der Waals surface area contributed by atoms with Crippen LogP contribution in [0.4, 0.5) is 0 Å². The maximum Gasteiger partial charge on any atom is 0.0628 e. The highest BCUT2D eigenvalue weighted by atomic mass is 16.2. The van der Waals surface area contributed by atoms with E-state index in [1.54, 1.807) is 0 Å². The van der Waals surface area contributed by atoms with E-state index in [1.165, 1.54) is 12.8 Å². The van der Waals surface area contributed by atoms with Gasteiger partial charge in [0.2, 0.25) is 0 Å². The van der Waals surface area contributed by atoms with Crippen LogP contribution >= 0.6 is 0 Å². The molecular weight excluding hydrogens is 164 g/mol. The Morgan fingerprint density at radius 3 is 2.69 bits per heavy atom. The summed E-state index contributed by atoms with van der Waals surface area (Å²) in [6.07, 6.45) is 5.00. The lowest BCUT2D eigenvalue weighted by molar-refractivity contribution is 0.283. The zero-order chi connectivity index (χ0) is 9.57. The zero-order valence-electron chi connectivity index (χ0n) is 8.05. The van der Waals surface area contributed by atoms with Gasteiger partial charge in [0.25, 0.3) is 0 Å². The summed E-state index contributed by atoms with van der Waals surface area (Å²) in [5, 5.41) is 20.5. The molecule has 3 heteroatoms. The molecule has 0 amide bonds. The van der Waals surface area contributed by atoms with Crippen molar-refractivity contribution in [3.8, 4) is 6.07 Å². The molecule has 0 aromatic heterocycles. The molecule has 0 radical (unpaired) electrons. The summed E-state index contributed by atoms with van der Waals surface area (Å²) < 4.78 is 0. The minimum Gasteiger partial charge on any atom is -0.396 e. The minimum atomic E-state index is 0.283. The van der Waals surface area contributed by atoms with Crippen molar-refractivity contribution < 1.29 is 5.11 Å². The maximum atomic E-state index is 8.57. The van der Waals surface area contributed by atoms with E-state index in [-0.39, 0.29) is 6.61 Å². The van der Waals surface area contributed by atoms with E-state index in [1.807, 2.05) is 0 Å². The number of aliphatic hydroxyl groups is 1. The van der Waals surface area contributed by atoms with Crippen molar-refractivity contribution >= 4 is 0 Å². The Morgan fingerprint density at radius 2 is 2.15 bits per heavy atom. The van der Waals surface area contributed by atoms with Gasteiger partial charge in [0.1, 0.15) is 0 Å². The van der Waals surface area contributed by atoms with Crippen LogP contribution in [0, 0.1) is 16.7 Å². The topological polar surface area (TPSA) is 56.0 Å². The third-order valence-corrected chi connectivity index (χ3v) is 2.67. The predicted molar refractivity (Wildman–Crippen MR) is 51.1 cm³/mol. The Hall–Kier alpha value is -0.590. The molecule has 1 fully saturated rings. The Labute approximate surface area is 79.8 Å². The van der Waals surface area contributed by atoms with E-state index < -0.39 is 0 Å². The Balaban J connectivity index is 1.97. The summed E-state index contributed by atoms with van der Waals surface area (Å²) in [7, 11) is 0. The van der Waals surface area contributed by atoms with Crippen LogP contribution < -0.4 is 5.32 Å². The molecule has 0 aromatic carbocycles. The van der Waals surface area contributed by atoms with Crippen LogP contribution in [0.25, 0.3) is 0 Å². The van der Waals surface area contributed by atoms with Crippen LogP contribution in [0.3, 0.4) is 0 Å². The highest BCUT2D eigenvalue weighted by Crippen LogP contribution is 2.47.